The SMILES string of the molecule is CC1=C(C)C(C)C([Si](c2cc(C)cc(C)c2)(c2c(C)cccc2C)c2c(C)cccc2C)=C1C. The van der Waals surface area contributed by atoms with Crippen LogP contribution in [0.5, 0.6) is 0 Å². The summed E-state index contributed by atoms with van der Waals surface area (Å²) >= 11 is 0. The maximum absolute atomic E-state index is 2.60. The van der Waals surface area contributed by atoms with Gasteiger partial charge >= 0.3 is 0 Å². The number of allylic oxidation sites excluding steroid dienone is 4. The van der Waals surface area contributed by atoms with E-state index in [1.165, 1.54) is 55.3 Å². The van der Waals surface area contributed by atoms with E-state index in [-0.39, 0.29) is 0 Å². The largest absolute Gasteiger partial charge is 0.177 e. The Morgan fingerprint density at radius 3 is 1.32 bits per heavy atom. The van der Waals surface area contributed by atoms with Crippen LogP contribution in [0, 0.1) is 47.5 Å². The molecule has 3 aromatic carbocycles. The average molecular weight is 465 g/mol. The Kier molecular flexibility index (Phi) is 6.38. The van der Waals surface area contributed by atoms with Gasteiger partial charge in [-0.1, -0.05) is 111 Å². The second-order valence-corrected chi connectivity index (χ2v) is 14.3. The minimum Gasteiger partial charge on any atom is -0.0636 e. The molecular formula is C33H40Si. The highest BCUT2D eigenvalue weighted by molar-refractivity contribution is 7.17. The summed E-state index contributed by atoms with van der Waals surface area (Å²) in [6, 6.07) is 21.1. The molecule has 0 aromatic heterocycles. The summed E-state index contributed by atoms with van der Waals surface area (Å²) in [6.45, 7) is 23.4. The normalized spacial score (nSPS) is 16.6. The van der Waals surface area contributed by atoms with Gasteiger partial charge in [-0.05, 0) is 89.4 Å². The highest BCUT2D eigenvalue weighted by atomic mass is 28.3. The fraction of sp³-hybridized carbons (Fsp3) is 0.333. The Balaban J connectivity index is 2.35. The van der Waals surface area contributed by atoms with Crippen molar-refractivity contribution in [2.45, 2.75) is 69.2 Å². The number of aryl methyl sites for hydroxylation is 6. The summed E-state index contributed by atoms with van der Waals surface area (Å²) in [7, 11) is -2.60. The molecule has 0 fully saturated rings. The zero-order valence-electron chi connectivity index (χ0n) is 22.8. The van der Waals surface area contributed by atoms with Crippen molar-refractivity contribution in [3.63, 3.8) is 0 Å². The van der Waals surface area contributed by atoms with Crippen molar-refractivity contribution in [2.24, 2.45) is 5.92 Å². The molecule has 4 rings (SSSR count). The summed E-state index contributed by atoms with van der Waals surface area (Å²) in [6.07, 6.45) is 0. The van der Waals surface area contributed by atoms with Crippen molar-refractivity contribution >= 4 is 23.6 Å². The quantitative estimate of drug-likeness (QED) is 0.293. The second-order valence-electron chi connectivity index (χ2n) is 10.7. The van der Waals surface area contributed by atoms with Gasteiger partial charge in [0, 0.05) is 0 Å². The van der Waals surface area contributed by atoms with Crippen LogP contribution in [0.1, 0.15) is 61.1 Å². The van der Waals surface area contributed by atoms with Gasteiger partial charge in [0.1, 0.15) is 0 Å². The Morgan fingerprint density at radius 2 is 0.971 bits per heavy atom. The summed E-state index contributed by atoms with van der Waals surface area (Å²) in [4.78, 5) is 0. The molecule has 1 unspecified atom stereocenters. The van der Waals surface area contributed by atoms with E-state index in [0.717, 1.165) is 0 Å². The van der Waals surface area contributed by atoms with Crippen LogP contribution in [-0.4, -0.2) is 8.07 Å². The third-order valence-corrected chi connectivity index (χ3v) is 14.3. The van der Waals surface area contributed by atoms with Crippen LogP contribution in [0.15, 0.2) is 76.5 Å². The van der Waals surface area contributed by atoms with E-state index < -0.39 is 8.07 Å². The van der Waals surface area contributed by atoms with E-state index in [2.05, 4.69) is 124 Å². The minimum absolute atomic E-state index is 0.436. The van der Waals surface area contributed by atoms with Gasteiger partial charge in [-0.25, -0.2) is 0 Å². The number of rotatable bonds is 4. The van der Waals surface area contributed by atoms with Gasteiger partial charge in [-0.2, -0.15) is 0 Å². The van der Waals surface area contributed by atoms with Gasteiger partial charge in [0.25, 0.3) is 0 Å². The smallest absolute Gasteiger partial charge is 0.0636 e. The lowest BCUT2D eigenvalue weighted by Gasteiger charge is -2.42. The first-order chi connectivity index (χ1) is 16.0. The molecule has 176 valence electrons. The predicted molar refractivity (Wildman–Crippen MR) is 153 cm³/mol. The standard InChI is InChI=1S/C33H40Si/c1-20-17-21(2)19-30(18-20)34(31-22(3)13-11-14-23(31)4,32-24(5)15-12-16-25(32)6)33-28(9)26(7)27(8)29(33)10/h11-19,28H,1-10H3. The highest BCUT2D eigenvalue weighted by Gasteiger charge is 2.50. The molecule has 0 amide bonds. The first-order valence-corrected chi connectivity index (χ1v) is 14.6. The Labute approximate surface area is 208 Å². The van der Waals surface area contributed by atoms with E-state index in [9.17, 15) is 0 Å². The van der Waals surface area contributed by atoms with E-state index in [1.54, 1.807) is 15.6 Å². The van der Waals surface area contributed by atoms with E-state index in [0.29, 0.717) is 5.92 Å². The number of benzene rings is 3. The van der Waals surface area contributed by atoms with Crippen molar-refractivity contribution < 1.29 is 0 Å². The zero-order chi connectivity index (χ0) is 24.9. The molecule has 0 bridgehead atoms. The monoisotopic (exact) mass is 464 g/mol. The summed E-state index contributed by atoms with van der Waals surface area (Å²) in [5.74, 6) is 0.436. The molecule has 0 N–H and O–H groups in total. The predicted octanol–water partition coefficient (Wildman–Crippen LogP) is 6.85. The molecule has 3 aromatic rings. The number of hydrogen-bond acceptors (Lipinski definition) is 0. The summed E-state index contributed by atoms with van der Waals surface area (Å²) in [5, 5.41) is 6.38. The molecule has 0 nitrogen and oxygen atoms in total. The van der Waals surface area contributed by atoms with Gasteiger partial charge < -0.3 is 0 Å². The Hall–Kier alpha value is -2.64. The van der Waals surface area contributed by atoms with Crippen LogP contribution in [0.25, 0.3) is 0 Å². The van der Waals surface area contributed by atoms with Crippen molar-refractivity contribution in [2.75, 3.05) is 0 Å². The topological polar surface area (TPSA) is 0 Å². The van der Waals surface area contributed by atoms with E-state index in [1.807, 2.05) is 0 Å². The lowest BCUT2D eigenvalue weighted by molar-refractivity contribution is 0.851. The average Bonchev–Trinajstić information content (AvgIpc) is 2.94. The van der Waals surface area contributed by atoms with Gasteiger partial charge in [0.05, 0.1) is 0 Å². The molecule has 1 heteroatoms. The molecule has 0 radical (unpaired) electrons. The molecule has 0 saturated carbocycles. The third-order valence-electron chi connectivity index (χ3n) is 8.41. The van der Waals surface area contributed by atoms with Crippen molar-refractivity contribution in [1.82, 2.24) is 0 Å². The maximum Gasteiger partial charge on any atom is 0.177 e. The Bertz CT molecular complexity index is 1240. The molecule has 0 aliphatic heterocycles. The molecule has 34 heavy (non-hydrogen) atoms. The van der Waals surface area contributed by atoms with Gasteiger partial charge in [0.2, 0.25) is 0 Å². The second kappa shape index (κ2) is 8.85. The van der Waals surface area contributed by atoms with Crippen LogP contribution in [-0.2, 0) is 0 Å². The summed E-state index contributed by atoms with van der Waals surface area (Å²) < 4.78 is 0. The number of hydrogen-bond donors (Lipinski definition) is 0. The van der Waals surface area contributed by atoms with Crippen LogP contribution >= 0.6 is 0 Å². The molecule has 0 heterocycles. The van der Waals surface area contributed by atoms with Crippen LogP contribution in [0.2, 0.25) is 0 Å². The lowest BCUT2D eigenvalue weighted by Crippen LogP contribution is -2.72. The Morgan fingerprint density at radius 1 is 0.559 bits per heavy atom. The van der Waals surface area contributed by atoms with Crippen molar-refractivity contribution in [3.05, 3.63) is 110 Å². The molecule has 1 aliphatic carbocycles. The van der Waals surface area contributed by atoms with Crippen LogP contribution < -0.4 is 15.6 Å². The van der Waals surface area contributed by atoms with Crippen molar-refractivity contribution in [1.29, 1.82) is 0 Å². The van der Waals surface area contributed by atoms with Gasteiger partial charge in [0.15, 0.2) is 8.07 Å². The first-order valence-electron chi connectivity index (χ1n) is 12.6. The van der Waals surface area contributed by atoms with Crippen LogP contribution in [0.3, 0.4) is 0 Å². The molecular weight excluding hydrogens is 424 g/mol. The fourth-order valence-electron chi connectivity index (χ4n) is 6.81. The van der Waals surface area contributed by atoms with Crippen LogP contribution in [0.4, 0.5) is 0 Å². The highest BCUT2D eigenvalue weighted by Crippen LogP contribution is 2.42. The van der Waals surface area contributed by atoms with Gasteiger partial charge in [-0.3, -0.25) is 0 Å². The third kappa shape index (κ3) is 3.57. The minimum atomic E-state index is -2.60. The van der Waals surface area contributed by atoms with E-state index in [4.69, 9.17) is 0 Å². The molecule has 0 saturated heterocycles. The molecule has 1 aliphatic rings. The summed E-state index contributed by atoms with van der Waals surface area (Å²) in [5.41, 5.74) is 12.9. The van der Waals surface area contributed by atoms with E-state index >= 15 is 0 Å². The van der Waals surface area contributed by atoms with Gasteiger partial charge in [-0.15, -0.1) is 0 Å². The maximum atomic E-state index is 2.51. The lowest BCUT2D eigenvalue weighted by atomic mass is 10.1. The fourth-order valence-corrected chi connectivity index (χ4v) is 13.7. The molecule has 0 spiro atoms. The zero-order valence-corrected chi connectivity index (χ0v) is 23.8. The first kappa shape index (κ1) is 24.5. The molecule has 1 atom stereocenters. The van der Waals surface area contributed by atoms with Crippen molar-refractivity contribution in [3.8, 4) is 0 Å².